The molecule has 0 fully saturated rings. The molecule has 0 aliphatic carbocycles. The lowest BCUT2D eigenvalue weighted by Gasteiger charge is -2.18. The minimum absolute atomic E-state index is 0.147. The van der Waals surface area contributed by atoms with Gasteiger partial charge < -0.3 is 15.5 Å². The predicted octanol–water partition coefficient (Wildman–Crippen LogP) is 2.74. The van der Waals surface area contributed by atoms with Crippen LogP contribution >= 0.6 is 23.2 Å². The second-order valence-corrected chi connectivity index (χ2v) is 6.65. The summed E-state index contributed by atoms with van der Waals surface area (Å²) in [5.41, 5.74) is 1.74. The van der Waals surface area contributed by atoms with Gasteiger partial charge in [-0.05, 0) is 35.9 Å². The number of carbonyl (C=O) groups is 3. The van der Waals surface area contributed by atoms with Crippen LogP contribution in [0.2, 0.25) is 10.0 Å². The van der Waals surface area contributed by atoms with E-state index in [9.17, 15) is 14.4 Å². The molecule has 27 heavy (non-hydrogen) atoms. The smallest absolute Gasteiger partial charge is 0.251 e. The fraction of sp³-hybridized carbons (Fsp3) is 0.211. The Morgan fingerprint density at radius 2 is 1.56 bits per heavy atom. The minimum Gasteiger partial charge on any atom is -0.355 e. The number of carbonyl (C=O) groups excluding carboxylic acids is 3. The monoisotopic (exact) mass is 407 g/mol. The Morgan fingerprint density at radius 3 is 2.15 bits per heavy atom. The van der Waals surface area contributed by atoms with E-state index in [1.165, 1.54) is 23.1 Å². The molecule has 142 valence electrons. The van der Waals surface area contributed by atoms with E-state index in [1.54, 1.807) is 38.4 Å². The summed E-state index contributed by atoms with van der Waals surface area (Å²) >= 11 is 11.7. The van der Waals surface area contributed by atoms with Gasteiger partial charge >= 0.3 is 0 Å². The molecule has 6 nitrogen and oxygen atoms in total. The topological polar surface area (TPSA) is 78.5 Å². The molecule has 0 saturated carbocycles. The quantitative estimate of drug-likeness (QED) is 0.772. The lowest BCUT2D eigenvalue weighted by atomic mass is 10.1. The first-order valence-electron chi connectivity index (χ1n) is 8.10. The predicted molar refractivity (Wildman–Crippen MR) is 105 cm³/mol. The van der Waals surface area contributed by atoms with E-state index in [1.807, 2.05) is 0 Å². The van der Waals surface area contributed by atoms with E-state index in [0.29, 0.717) is 22.7 Å². The Morgan fingerprint density at radius 1 is 0.926 bits per heavy atom. The summed E-state index contributed by atoms with van der Waals surface area (Å²) in [5, 5.41) is 5.73. The van der Waals surface area contributed by atoms with Crippen molar-refractivity contribution in [1.29, 1.82) is 0 Å². The van der Waals surface area contributed by atoms with Crippen LogP contribution in [0.15, 0.2) is 42.5 Å². The molecule has 2 rings (SSSR count). The molecule has 0 bridgehead atoms. The maximum atomic E-state index is 12.2. The van der Waals surface area contributed by atoms with E-state index in [0.717, 1.165) is 5.56 Å². The summed E-state index contributed by atoms with van der Waals surface area (Å²) in [7, 11) is 3.20. The summed E-state index contributed by atoms with van der Waals surface area (Å²) in [6.07, 6.45) is 0. The molecule has 0 heterocycles. The highest BCUT2D eigenvalue weighted by atomic mass is 35.5. The van der Waals surface area contributed by atoms with Gasteiger partial charge in [0, 0.05) is 31.8 Å². The molecule has 0 radical (unpaired) electrons. The average molecular weight is 408 g/mol. The number of amides is 3. The maximum Gasteiger partial charge on any atom is 0.251 e. The van der Waals surface area contributed by atoms with Crippen LogP contribution in [0.5, 0.6) is 0 Å². The summed E-state index contributed by atoms with van der Waals surface area (Å²) in [6.45, 7) is 0.210. The normalized spacial score (nSPS) is 10.2. The molecule has 0 saturated heterocycles. The van der Waals surface area contributed by atoms with Crippen LogP contribution < -0.4 is 10.6 Å². The Labute approximate surface area is 167 Å². The number of rotatable bonds is 6. The van der Waals surface area contributed by atoms with Gasteiger partial charge in [0.05, 0.1) is 16.6 Å². The molecule has 0 unspecified atom stereocenters. The summed E-state index contributed by atoms with van der Waals surface area (Å²) in [5.74, 6) is -0.833. The Bertz CT molecular complexity index is 854. The van der Waals surface area contributed by atoms with E-state index in [2.05, 4.69) is 10.6 Å². The third-order valence-corrected chi connectivity index (χ3v) is 4.61. The molecule has 0 aromatic heterocycles. The third-order valence-electron chi connectivity index (χ3n) is 3.87. The molecule has 2 aromatic carbocycles. The first kappa shape index (κ1) is 20.7. The van der Waals surface area contributed by atoms with Gasteiger partial charge in [-0.1, -0.05) is 35.3 Å². The lowest BCUT2D eigenvalue weighted by Crippen LogP contribution is -2.37. The SMILES string of the molecule is CNC(=O)c1ccc(CN(C)C(=O)CNC(=O)c2ccc(Cl)c(Cl)c2)cc1. The van der Waals surface area contributed by atoms with Crippen LogP contribution in [0.25, 0.3) is 0 Å². The summed E-state index contributed by atoms with van der Waals surface area (Å²) in [4.78, 5) is 37.3. The molecule has 0 aliphatic heterocycles. The summed E-state index contributed by atoms with van der Waals surface area (Å²) in [6, 6.07) is 11.4. The van der Waals surface area contributed by atoms with E-state index in [4.69, 9.17) is 23.2 Å². The maximum absolute atomic E-state index is 12.2. The number of likely N-dealkylation sites (N-methyl/N-ethyl adjacent to an activating group) is 1. The highest BCUT2D eigenvalue weighted by Crippen LogP contribution is 2.22. The second-order valence-electron chi connectivity index (χ2n) is 5.84. The second kappa shape index (κ2) is 9.39. The van der Waals surface area contributed by atoms with E-state index in [-0.39, 0.29) is 23.4 Å². The molecule has 2 N–H and O–H groups in total. The van der Waals surface area contributed by atoms with Crippen LogP contribution in [-0.4, -0.2) is 43.3 Å². The minimum atomic E-state index is -0.412. The number of nitrogens with zero attached hydrogens (tertiary/aromatic N) is 1. The number of hydrogen-bond acceptors (Lipinski definition) is 3. The Kier molecular flexibility index (Phi) is 7.21. The van der Waals surface area contributed by atoms with Crippen molar-refractivity contribution in [3.05, 3.63) is 69.2 Å². The van der Waals surface area contributed by atoms with Gasteiger partial charge in [0.25, 0.3) is 11.8 Å². The standard InChI is InChI=1S/C19H19Cl2N3O3/c1-22-18(26)13-5-3-12(4-6-13)11-24(2)17(25)10-23-19(27)14-7-8-15(20)16(21)9-14/h3-9H,10-11H2,1-2H3,(H,22,26)(H,23,27). The average Bonchev–Trinajstić information content (AvgIpc) is 2.67. The molecule has 2 aromatic rings. The van der Waals surface area contributed by atoms with Gasteiger partial charge in [0.1, 0.15) is 0 Å². The van der Waals surface area contributed by atoms with Crippen molar-refractivity contribution < 1.29 is 14.4 Å². The number of benzene rings is 2. The molecule has 3 amide bonds. The van der Waals surface area contributed by atoms with Gasteiger partial charge in [0.15, 0.2) is 0 Å². The highest BCUT2D eigenvalue weighted by molar-refractivity contribution is 6.42. The molecule has 0 atom stereocenters. The van der Waals surface area contributed by atoms with Crippen molar-refractivity contribution in [3.8, 4) is 0 Å². The fourth-order valence-corrected chi connectivity index (χ4v) is 2.60. The van der Waals surface area contributed by atoms with Crippen molar-refractivity contribution >= 4 is 40.9 Å². The van der Waals surface area contributed by atoms with Crippen LogP contribution in [-0.2, 0) is 11.3 Å². The zero-order valence-electron chi connectivity index (χ0n) is 14.9. The van der Waals surface area contributed by atoms with E-state index >= 15 is 0 Å². The van der Waals surface area contributed by atoms with Crippen molar-refractivity contribution in [1.82, 2.24) is 15.5 Å². The summed E-state index contributed by atoms with van der Waals surface area (Å²) < 4.78 is 0. The van der Waals surface area contributed by atoms with Crippen LogP contribution in [0, 0.1) is 0 Å². The Balaban J connectivity index is 1.88. The number of halogens is 2. The number of hydrogen-bond donors (Lipinski definition) is 2. The van der Waals surface area contributed by atoms with Crippen molar-refractivity contribution in [2.75, 3.05) is 20.6 Å². The van der Waals surface area contributed by atoms with Gasteiger partial charge in [-0.2, -0.15) is 0 Å². The first-order valence-corrected chi connectivity index (χ1v) is 8.85. The van der Waals surface area contributed by atoms with Crippen molar-refractivity contribution in [2.45, 2.75) is 6.54 Å². The Hall–Kier alpha value is -2.57. The fourth-order valence-electron chi connectivity index (χ4n) is 2.30. The van der Waals surface area contributed by atoms with Gasteiger partial charge in [-0.3, -0.25) is 14.4 Å². The zero-order valence-corrected chi connectivity index (χ0v) is 16.4. The lowest BCUT2D eigenvalue weighted by molar-refractivity contribution is -0.129. The molecule has 8 heteroatoms. The largest absolute Gasteiger partial charge is 0.355 e. The molecular formula is C19H19Cl2N3O3. The molecule has 0 spiro atoms. The highest BCUT2D eigenvalue weighted by Gasteiger charge is 2.13. The van der Waals surface area contributed by atoms with Crippen molar-refractivity contribution in [3.63, 3.8) is 0 Å². The third kappa shape index (κ3) is 5.70. The first-order chi connectivity index (χ1) is 12.8. The van der Waals surface area contributed by atoms with Gasteiger partial charge in [-0.15, -0.1) is 0 Å². The molecule has 0 aliphatic rings. The zero-order chi connectivity index (χ0) is 20.0. The molecular weight excluding hydrogens is 389 g/mol. The van der Waals surface area contributed by atoms with Gasteiger partial charge in [-0.25, -0.2) is 0 Å². The van der Waals surface area contributed by atoms with Crippen LogP contribution in [0.1, 0.15) is 26.3 Å². The van der Waals surface area contributed by atoms with Crippen LogP contribution in [0.3, 0.4) is 0 Å². The van der Waals surface area contributed by atoms with Crippen molar-refractivity contribution in [2.24, 2.45) is 0 Å². The number of nitrogens with one attached hydrogen (secondary N) is 2. The van der Waals surface area contributed by atoms with E-state index < -0.39 is 5.91 Å². The van der Waals surface area contributed by atoms with Gasteiger partial charge in [0.2, 0.25) is 5.91 Å². The van der Waals surface area contributed by atoms with Crippen LogP contribution in [0.4, 0.5) is 0 Å².